The molecule has 3 heteroatoms. The molecule has 0 aromatic heterocycles. The van der Waals surface area contributed by atoms with Crippen LogP contribution in [0.15, 0.2) is 35.9 Å². The topological polar surface area (TPSA) is 35.5 Å². The van der Waals surface area contributed by atoms with E-state index in [0.717, 1.165) is 0 Å². The zero-order chi connectivity index (χ0) is 12.7. The molecule has 0 aliphatic heterocycles. The Labute approximate surface area is 102 Å². The first-order chi connectivity index (χ1) is 8.13. The lowest BCUT2D eigenvalue weighted by Crippen LogP contribution is -2.07. The Hall–Kier alpha value is -1.77. The van der Waals surface area contributed by atoms with Gasteiger partial charge in [-0.3, -0.25) is 4.79 Å². The minimum atomic E-state index is -0.244. The van der Waals surface area contributed by atoms with E-state index in [2.05, 4.69) is 0 Å². The summed E-state index contributed by atoms with van der Waals surface area (Å²) in [5.74, 6) is 0.798. The van der Waals surface area contributed by atoms with Crippen molar-refractivity contribution in [1.82, 2.24) is 0 Å². The summed E-state index contributed by atoms with van der Waals surface area (Å²) in [7, 11) is 1.55. The number of carbonyl (C=O) groups is 1. The lowest BCUT2D eigenvalue weighted by Gasteiger charge is -2.07. The van der Waals surface area contributed by atoms with Crippen LogP contribution in [-0.2, 0) is 4.79 Å². The van der Waals surface area contributed by atoms with Gasteiger partial charge in [0.15, 0.2) is 11.5 Å². The van der Waals surface area contributed by atoms with Gasteiger partial charge < -0.3 is 9.47 Å². The third-order valence-electron chi connectivity index (χ3n) is 2.19. The van der Waals surface area contributed by atoms with Crippen molar-refractivity contribution in [3.05, 3.63) is 35.9 Å². The van der Waals surface area contributed by atoms with Crippen LogP contribution in [-0.4, -0.2) is 13.1 Å². The van der Waals surface area contributed by atoms with Crippen LogP contribution < -0.4 is 9.47 Å². The Bertz CT molecular complexity index is 404. The Kier molecular flexibility index (Phi) is 5.27. The molecule has 0 aliphatic rings. The van der Waals surface area contributed by atoms with Gasteiger partial charge in [0.2, 0.25) is 0 Å². The number of allylic oxidation sites excluding steroid dienone is 2. The molecule has 1 aromatic rings. The minimum absolute atomic E-state index is 0.244. The van der Waals surface area contributed by atoms with Crippen molar-refractivity contribution in [3.8, 4) is 11.5 Å². The van der Waals surface area contributed by atoms with Crippen LogP contribution in [0.3, 0.4) is 0 Å². The molecule has 0 N–H and O–H groups in total. The Morgan fingerprint density at radius 3 is 2.47 bits per heavy atom. The molecule has 92 valence electrons. The van der Waals surface area contributed by atoms with Gasteiger partial charge in [-0.1, -0.05) is 23.8 Å². The number of hydrogen-bond acceptors (Lipinski definition) is 3. The molecule has 0 unspecified atom stereocenters. The summed E-state index contributed by atoms with van der Waals surface area (Å²) in [6, 6.07) is 7.12. The largest absolute Gasteiger partial charge is 0.493 e. The number of methoxy groups -OCH3 is 1. The first-order valence-corrected chi connectivity index (χ1v) is 5.60. The lowest BCUT2D eigenvalue weighted by atomic mass is 10.2. The summed E-state index contributed by atoms with van der Waals surface area (Å²) in [6.45, 7) is 4.01. The lowest BCUT2D eigenvalue weighted by molar-refractivity contribution is -0.134. The van der Waals surface area contributed by atoms with Crippen molar-refractivity contribution in [2.45, 2.75) is 26.7 Å². The molecule has 0 heterocycles. The molecule has 0 bridgehead atoms. The monoisotopic (exact) mass is 234 g/mol. The van der Waals surface area contributed by atoms with Crippen LogP contribution in [0.25, 0.3) is 0 Å². The highest BCUT2D eigenvalue weighted by atomic mass is 16.6. The van der Waals surface area contributed by atoms with Crippen LogP contribution >= 0.6 is 0 Å². The molecule has 0 atom stereocenters. The number of hydrogen-bond donors (Lipinski definition) is 0. The highest BCUT2D eigenvalue weighted by molar-refractivity contribution is 5.73. The molecular weight excluding hydrogens is 216 g/mol. The summed E-state index contributed by atoms with van der Waals surface area (Å²) < 4.78 is 10.3. The van der Waals surface area contributed by atoms with E-state index in [1.165, 1.54) is 5.57 Å². The van der Waals surface area contributed by atoms with E-state index in [0.29, 0.717) is 24.3 Å². The van der Waals surface area contributed by atoms with E-state index < -0.39 is 0 Å². The van der Waals surface area contributed by atoms with Crippen molar-refractivity contribution in [3.63, 3.8) is 0 Å². The predicted molar refractivity (Wildman–Crippen MR) is 67.3 cm³/mol. The summed E-state index contributed by atoms with van der Waals surface area (Å²) in [5.41, 5.74) is 1.20. The smallest absolute Gasteiger partial charge is 0.311 e. The normalized spacial score (nSPS) is 9.59. The van der Waals surface area contributed by atoms with Gasteiger partial charge in [0, 0.05) is 6.42 Å². The highest BCUT2D eigenvalue weighted by Crippen LogP contribution is 2.26. The van der Waals surface area contributed by atoms with Crippen LogP contribution in [0, 0.1) is 0 Å². The van der Waals surface area contributed by atoms with Crippen molar-refractivity contribution in [2.75, 3.05) is 7.11 Å². The Balaban J connectivity index is 2.53. The zero-order valence-corrected chi connectivity index (χ0v) is 10.5. The van der Waals surface area contributed by atoms with Crippen molar-refractivity contribution in [1.29, 1.82) is 0 Å². The fourth-order valence-electron chi connectivity index (χ4n) is 1.36. The number of para-hydroxylation sites is 2. The average molecular weight is 234 g/mol. The number of carbonyl (C=O) groups excluding carboxylic acids is 1. The fourth-order valence-corrected chi connectivity index (χ4v) is 1.36. The first kappa shape index (κ1) is 13.3. The van der Waals surface area contributed by atoms with E-state index in [4.69, 9.17) is 9.47 Å². The van der Waals surface area contributed by atoms with Gasteiger partial charge >= 0.3 is 5.97 Å². The van der Waals surface area contributed by atoms with Crippen LogP contribution in [0.2, 0.25) is 0 Å². The van der Waals surface area contributed by atoms with Gasteiger partial charge in [-0.15, -0.1) is 0 Å². The SMILES string of the molecule is COc1ccccc1OC(=O)CCC=C(C)C. The molecule has 0 saturated heterocycles. The Morgan fingerprint density at radius 1 is 1.24 bits per heavy atom. The second-order valence-electron chi connectivity index (χ2n) is 3.95. The van der Waals surface area contributed by atoms with Gasteiger partial charge in [0.05, 0.1) is 7.11 Å². The van der Waals surface area contributed by atoms with E-state index in [1.807, 2.05) is 26.0 Å². The van der Waals surface area contributed by atoms with E-state index in [9.17, 15) is 4.79 Å². The number of esters is 1. The van der Waals surface area contributed by atoms with Crippen LogP contribution in [0.4, 0.5) is 0 Å². The third kappa shape index (κ3) is 4.72. The van der Waals surface area contributed by atoms with Gasteiger partial charge in [-0.25, -0.2) is 0 Å². The second-order valence-corrected chi connectivity index (χ2v) is 3.95. The Morgan fingerprint density at radius 2 is 1.88 bits per heavy atom. The zero-order valence-electron chi connectivity index (χ0n) is 10.5. The number of ether oxygens (including phenoxy) is 2. The van der Waals surface area contributed by atoms with Crippen molar-refractivity contribution < 1.29 is 14.3 Å². The predicted octanol–water partition coefficient (Wildman–Crippen LogP) is 3.35. The molecule has 1 rings (SSSR count). The molecule has 0 fully saturated rings. The van der Waals surface area contributed by atoms with E-state index in [1.54, 1.807) is 25.3 Å². The van der Waals surface area contributed by atoms with E-state index >= 15 is 0 Å². The maximum atomic E-state index is 11.6. The maximum Gasteiger partial charge on any atom is 0.311 e. The minimum Gasteiger partial charge on any atom is -0.493 e. The highest BCUT2D eigenvalue weighted by Gasteiger charge is 2.08. The van der Waals surface area contributed by atoms with Crippen molar-refractivity contribution in [2.24, 2.45) is 0 Å². The van der Waals surface area contributed by atoms with Crippen molar-refractivity contribution >= 4 is 5.97 Å². The summed E-state index contributed by atoms with van der Waals surface area (Å²) in [4.78, 5) is 11.6. The molecule has 1 aromatic carbocycles. The summed E-state index contributed by atoms with van der Waals surface area (Å²) in [6.07, 6.45) is 3.10. The third-order valence-corrected chi connectivity index (χ3v) is 2.19. The molecule has 0 spiro atoms. The maximum absolute atomic E-state index is 11.6. The number of rotatable bonds is 5. The van der Waals surface area contributed by atoms with Gasteiger partial charge in [0.25, 0.3) is 0 Å². The average Bonchev–Trinajstić information content (AvgIpc) is 2.29. The van der Waals surface area contributed by atoms with Gasteiger partial charge in [-0.05, 0) is 32.4 Å². The first-order valence-electron chi connectivity index (χ1n) is 5.60. The molecule has 17 heavy (non-hydrogen) atoms. The van der Waals surface area contributed by atoms with Gasteiger partial charge in [-0.2, -0.15) is 0 Å². The molecular formula is C14H18O3. The number of benzene rings is 1. The quantitative estimate of drug-likeness (QED) is 0.445. The van der Waals surface area contributed by atoms with Crippen LogP contribution in [0.5, 0.6) is 11.5 Å². The fraction of sp³-hybridized carbons (Fsp3) is 0.357. The molecule has 0 radical (unpaired) electrons. The second kappa shape index (κ2) is 6.74. The van der Waals surface area contributed by atoms with Crippen LogP contribution in [0.1, 0.15) is 26.7 Å². The van der Waals surface area contributed by atoms with Gasteiger partial charge in [0.1, 0.15) is 0 Å². The van der Waals surface area contributed by atoms with E-state index in [-0.39, 0.29) is 5.97 Å². The standard InChI is InChI=1S/C14H18O3/c1-11(2)7-6-10-14(15)17-13-9-5-4-8-12(13)16-3/h4-5,7-9H,6,10H2,1-3H3. The molecule has 3 nitrogen and oxygen atoms in total. The summed E-state index contributed by atoms with van der Waals surface area (Å²) >= 11 is 0. The summed E-state index contributed by atoms with van der Waals surface area (Å²) in [5, 5.41) is 0. The molecule has 0 aliphatic carbocycles. The molecule has 0 amide bonds. The molecule has 0 saturated carbocycles.